The first kappa shape index (κ1) is 23.0. The number of aromatic nitrogens is 2. The lowest BCUT2D eigenvalue weighted by Crippen LogP contribution is -2.40. The van der Waals surface area contributed by atoms with Gasteiger partial charge in [-0.25, -0.2) is 9.02 Å². The fraction of sp³-hybridized carbons (Fsp3) is 0.556. The van der Waals surface area contributed by atoms with E-state index in [1.54, 1.807) is 6.08 Å². The molecule has 1 heterocycles. The van der Waals surface area contributed by atoms with Gasteiger partial charge in [0.25, 0.3) is 0 Å². The van der Waals surface area contributed by atoms with Crippen molar-refractivity contribution in [3.8, 4) is 0 Å². The Bertz CT molecular complexity index is 892. The van der Waals surface area contributed by atoms with Crippen molar-refractivity contribution < 1.29 is 24.1 Å². The van der Waals surface area contributed by atoms with Crippen LogP contribution in [-0.2, 0) is 0 Å². The molecule has 1 aromatic rings. The number of halogens is 2. The minimum atomic E-state index is -0.698. The second-order valence-corrected chi connectivity index (χ2v) is 8.39. The monoisotopic (exact) mass is 501 g/mol. The summed E-state index contributed by atoms with van der Waals surface area (Å²) in [6.45, 7) is 0.662. The molecule has 2 aliphatic carbocycles. The van der Waals surface area contributed by atoms with E-state index in [2.05, 4.69) is 47.2 Å². The zero-order valence-electron chi connectivity index (χ0n) is 17.1. The third-order valence-electron chi connectivity index (χ3n) is 4.75. The number of aliphatic hydroxyl groups excluding tert-OH is 1. The normalized spacial score (nSPS) is 21.0. The second kappa shape index (κ2) is 10.6. The third kappa shape index (κ3) is 6.92. The molecule has 3 rings (SSSR count). The number of nitrogens with one attached hydrogen (secondary N) is 3. The number of hydrogen-bond acceptors (Lipinski definition) is 7. The van der Waals surface area contributed by atoms with Gasteiger partial charge in [0.2, 0.25) is 11.5 Å². The first-order chi connectivity index (χ1) is 14.8. The molecule has 0 spiro atoms. The largest absolute Gasteiger partial charge is 0.374 e. The van der Waals surface area contributed by atoms with Crippen LogP contribution in [0.3, 0.4) is 0 Å². The van der Waals surface area contributed by atoms with Crippen LogP contribution < -0.4 is 21.7 Å². The van der Waals surface area contributed by atoms with E-state index in [4.69, 9.17) is 10.4 Å². The molecule has 1 saturated carbocycles. The molecule has 31 heavy (non-hydrogen) atoms. The fourth-order valence-electron chi connectivity index (χ4n) is 2.99. The summed E-state index contributed by atoms with van der Waals surface area (Å²) >= 11 is 3.19. The number of anilines is 1. The van der Waals surface area contributed by atoms with Gasteiger partial charge >= 0.3 is 5.84 Å². The van der Waals surface area contributed by atoms with Crippen molar-refractivity contribution in [1.29, 1.82) is 0 Å². The molecule has 0 aromatic carbocycles. The number of nitrogens with two attached hydrogens (primary N) is 1. The van der Waals surface area contributed by atoms with Crippen molar-refractivity contribution >= 4 is 33.5 Å². The molecule has 1 aromatic heterocycles. The van der Waals surface area contributed by atoms with Gasteiger partial charge < -0.3 is 26.7 Å². The van der Waals surface area contributed by atoms with Crippen LogP contribution in [0.2, 0.25) is 0 Å². The number of aliphatic imine (C=N–C) groups is 1. The van der Waals surface area contributed by atoms with Crippen molar-refractivity contribution in [3.63, 3.8) is 0 Å². The number of hydroxylamine groups is 1. The molecule has 170 valence electrons. The van der Waals surface area contributed by atoms with Crippen LogP contribution in [0.5, 0.6) is 0 Å². The summed E-state index contributed by atoms with van der Waals surface area (Å²) in [5, 5.41) is 36.4. The van der Waals surface area contributed by atoms with Crippen LogP contribution in [0.15, 0.2) is 32.1 Å². The SMILES string of the molecule is C/[N+](O)=C(/NC1C=CC(F)=C(Br)C1)c1nonc1NCCN=C(N)NC(O)CC1CC1. The molecular weight excluding hydrogens is 475 g/mol. The van der Waals surface area contributed by atoms with Crippen LogP contribution in [0, 0.1) is 5.92 Å². The molecule has 2 aliphatic rings. The Hall–Kier alpha value is -2.67. The zero-order valence-corrected chi connectivity index (χ0v) is 18.6. The smallest absolute Gasteiger partial charge is 0.342 e. The molecule has 13 heteroatoms. The van der Waals surface area contributed by atoms with Gasteiger partial charge in [0.15, 0.2) is 5.96 Å². The maximum atomic E-state index is 13.5. The molecule has 0 amide bonds. The highest BCUT2D eigenvalue weighted by Gasteiger charge is 2.29. The Kier molecular flexibility index (Phi) is 7.85. The summed E-state index contributed by atoms with van der Waals surface area (Å²) in [6, 6.07) is -0.277. The summed E-state index contributed by atoms with van der Waals surface area (Å²) in [5.41, 5.74) is 6.03. The maximum Gasteiger partial charge on any atom is 0.342 e. The highest BCUT2D eigenvalue weighted by molar-refractivity contribution is 9.11. The number of amidine groups is 1. The molecule has 0 saturated heterocycles. The first-order valence-electron chi connectivity index (χ1n) is 9.93. The number of allylic oxidation sites excluding steroid dienone is 2. The lowest BCUT2D eigenvalue weighted by Gasteiger charge is -2.15. The quantitative estimate of drug-likeness (QED) is 0.0546. The summed E-state index contributed by atoms with van der Waals surface area (Å²) in [5.74, 6) is 0.914. The number of aliphatic hydroxyl groups is 1. The van der Waals surface area contributed by atoms with Gasteiger partial charge in [0.1, 0.15) is 25.1 Å². The standard InChI is InChI=1S/C18H26BrFN8O3/c1-28(30)17(24-11-4-5-13(20)12(19)9-11)15-16(27-31-26-15)22-6-7-23-18(21)25-14(29)8-10-2-3-10/h4-5,10-11,14,29-30H,2-3,6-9H2,1H3,(H4,21,22,23,25,27)/p+1. The van der Waals surface area contributed by atoms with E-state index in [-0.39, 0.29) is 29.4 Å². The minimum Gasteiger partial charge on any atom is -0.374 e. The van der Waals surface area contributed by atoms with Crippen molar-refractivity contribution in [2.75, 3.05) is 25.5 Å². The van der Waals surface area contributed by atoms with Gasteiger partial charge in [-0.1, -0.05) is 33.5 Å². The summed E-state index contributed by atoms with van der Waals surface area (Å²) in [4.78, 5) is 4.15. The van der Waals surface area contributed by atoms with E-state index < -0.39 is 6.23 Å². The lowest BCUT2D eigenvalue weighted by atomic mass is 10.1. The second-order valence-electron chi connectivity index (χ2n) is 7.43. The van der Waals surface area contributed by atoms with Gasteiger partial charge in [-0.3, -0.25) is 10.3 Å². The summed E-state index contributed by atoms with van der Waals surface area (Å²) in [6.07, 6.45) is 5.61. The molecule has 7 N–H and O–H groups in total. The predicted molar refractivity (Wildman–Crippen MR) is 116 cm³/mol. The Morgan fingerprint density at radius 3 is 2.94 bits per heavy atom. The molecule has 11 nitrogen and oxygen atoms in total. The van der Waals surface area contributed by atoms with Crippen LogP contribution >= 0.6 is 15.9 Å². The highest BCUT2D eigenvalue weighted by Crippen LogP contribution is 2.33. The van der Waals surface area contributed by atoms with E-state index in [1.807, 2.05) is 0 Å². The number of guanidine groups is 1. The summed E-state index contributed by atoms with van der Waals surface area (Å²) < 4.78 is 19.6. The van der Waals surface area contributed by atoms with Gasteiger partial charge in [-0.2, -0.15) is 0 Å². The molecule has 0 aliphatic heterocycles. The molecular formula is C18H27BrFN8O3+. The van der Waals surface area contributed by atoms with E-state index in [9.17, 15) is 14.7 Å². The topological polar surface area (TPSA) is 157 Å². The van der Waals surface area contributed by atoms with E-state index in [0.29, 0.717) is 42.1 Å². The average molecular weight is 502 g/mol. The maximum absolute atomic E-state index is 13.5. The predicted octanol–water partition coefficient (Wildman–Crippen LogP) is 0.776. The molecule has 0 bridgehead atoms. The Morgan fingerprint density at radius 1 is 1.48 bits per heavy atom. The number of hydrogen-bond donors (Lipinski definition) is 6. The lowest BCUT2D eigenvalue weighted by molar-refractivity contribution is -0.755. The minimum absolute atomic E-state index is 0.160. The van der Waals surface area contributed by atoms with Crippen molar-refractivity contribution in [2.45, 2.75) is 38.0 Å². The third-order valence-corrected chi connectivity index (χ3v) is 5.45. The van der Waals surface area contributed by atoms with Crippen molar-refractivity contribution in [1.82, 2.24) is 20.9 Å². The molecule has 0 radical (unpaired) electrons. The Balaban J connectivity index is 1.53. The van der Waals surface area contributed by atoms with E-state index in [0.717, 1.165) is 17.6 Å². The first-order valence-corrected chi connectivity index (χ1v) is 10.7. The van der Waals surface area contributed by atoms with Crippen LogP contribution in [0.25, 0.3) is 0 Å². The van der Waals surface area contributed by atoms with Crippen molar-refractivity contribution in [3.05, 3.63) is 28.2 Å². The molecule has 2 atom stereocenters. The van der Waals surface area contributed by atoms with Gasteiger partial charge in [-0.15, -0.1) is 0 Å². The highest BCUT2D eigenvalue weighted by atomic mass is 79.9. The summed E-state index contributed by atoms with van der Waals surface area (Å²) in [7, 11) is 1.42. The van der Waals surface area contributed by atoms with Crippen LogP contribution in [-0.4, -0.2) is 69.6 Å². The van der Waals surface area contributed by atoms with E-state index in [1.165, 1.54) is 13.1 Å². The van der Waals surface area contributed by atoms with Gasteiger partial charge in [0.05, 0.1) is 6.54 Å². The molecule has 1 fully saturated rings. The Morgan fingerprint density at radius 2 is 2.26 bits per heavy atom. The molecule has 2 unspecified atom stereocenters. The zero-order chi connectivity index (χ0) is 22.4. The van der Waals surface area contributed by atoms with Crippen molar-refractivity contribution in [2.24, 2.45) is 16.6 Å². The van der Waals surface area contributed by atoms with Gasteiger partial charge in [-0.05, 0) is 34.8 Å². The van der Waals surface area contributed by atoms with Crippen LogP contribution in [0.4, 0.5) is 10.2 Å². The van der Waals surface area contributed by atoms with Crippen LogP contribution in [0.1, 0.15) is 31.4 Å². The number of rotatable bonds is 9. The average Bonchev–Trinajstić information content (AvgIpc) is 3.40. The Labute approximate surface area is 187 Å². The van der Waals surface area contributed by atoms with E-state index >= 15 is 0 Å². The number of nitrogens with zero attached hydrogens (tertiary/aromatic N) is 4. The van der Waals surface area contributed by atoms with Gasteiger partial charge in [0, 0.05) is 17.4 Å². The fourth-order valence-corrected chi connectivity index (χ4v) is 3.48.